The Morgan fingerprint density at radius 1 is 1.05 bits per heavy atom. The maximum Gasteiger partial charge on any atom is 0.414 e. The van der Waals surface area contributed by atoms with E-state index >= 15 is 0 Å². The van der Waals surface area contributed by atoms with Gasteiger partial charge in [0.1, 0.15) is 11.8 Å². The van der Waals surface area contributed by atoms with Crippen LogP contribution < -0.4 is 14.8 Å². The van der Waals surface area contributed by atoms with Gasteiger partial charge in [0.05, 0.1) is 31.3 Å². The number of hydrogen-bond acceptors (Lipinski definition) is 6. The van der Waals surface area contributed by atoms with Crippen molar-refractivity contribution in [2.45, 2.75) is 57.3 Å². The van der Waals surface area contributed by atoms with Gasteiger partial charge in [-0.2, -0.15) is 39.5 Å². The molecule has 42 heavy (non-hydrogen) atoms. The standard InChI is InChI=1S/C24H25F9N6O3/c1-5-39(21(40)37-16(23(28,29)30)6-7-22(25,26)27)18(24(31,32)33)14-10-13(17(41-3)12(2)35-14)15-11-38-9-8-34-19(38)20(36-15)42-4/h8-11,16,18H,5-7H2,1-4H3,(H,37,40)/t16-,18?/m0/s1. The van der Waals surface area contributed by atoms with Crippen LogP contribution in [-0.2, 0) is 0 Å². The summed E-state index contributed by atoms with van der Waals surface area (Å²) in [4.78, 5) is 25.1. The number of aryl methyl sites for hydroxylation is 1. The van der Waals surface area contributed by atoms with Crippen molar-refractivity contribution in [3.8, 4) is 22.9 Å². The number of ether oxygens (including phenoxy) is 2. The second kappa shape index (κ2) is 12.1. The van der Waals surface area contributed by atoms with Gasteiger partial charge in [-0.25, -0.2) is 14.8 Å². The van der Waals surface area contributed by atoms with Gasteiger partial charge in [0.15, 0.2) is 11.7 Å². The van der Waals surface area contributed by atoms with Gasteiger partial charge in [0, 0.05) is 37.1 Å². The Labute approximate surface area is 232 Å². The molecule has 0 bridgehead atoms. The lowest BCUT2D eigenvalue weighted by molar-refractivity contribution is -0.182. The van der Waals surface area contributed by atoms with Crippen molar-refractivity contribution in [1.29, 1.82) is 0 Å². The third kappa shape index (κ3) is 7.25. The zero-order chi connectivity index (χ0) is 31.6. The van der Waals surface area contributed by atoms with Crippen molar-refractivity contribution >= 4 is 11.7 Å². The van der Waals surface area contributed by atoms with Crippen molar-refractivity contribution in [3.05, 3.63) is 36.0 Å². The number of carbonyl (C=O) groups excluding carboxylic acids is 1. The molecule has 3 aromatic rings. The Morgan fingerprint density at radius 2 is 1.71 bits per heavy atom. The van der Waals surface area contributed by atoms with Gasteiger partial charge in [-0.15, -0.1) is 0 Å². The molecule has 2 amide bonds. The topological polar surface area (TPSA) is 93.9 Å². The fraction of sp³-hybridized carbons (Fsp3) is 0.500. The quantitative estimate of drug-likeness (QED) is 0.296. The van der Waals surface area contributed by atoms with Crippen LogP contribution in [0.25, 0.3) is 16.9 Å². The second-order valence-electron chi connectivity index (χ2n) is 8.93. The number of urea groups is 1. The van der Waals surface area contributed by atoms with Crippen LogP contribution in [0.1, 0.15) is 37.2 Å². The van der Waals surface area contributed by atoms with Crippen molar-refractivity contribution in [1.82, 2.24) is 29.6 Å². The first-order valence-corrected chi connectivity index (χ1v) is 12.1. The van der Waals surface area contributed by atoms with E-state index in [-0.39, 0.29) is 39.1 Å². The van der Waals surface area contributed by atoms with Crippen LogP contribution in [0, 0.1) is 6.92 Å². The third-order valence-corrected chi connectivity index (χ3v) is 6.09. The normalized spacial score (nSPS) is 14.0. The Morgan fingerprint density at radius 3 is 2.24 bits per heavy atom. The van der Waals surface area contributed by atoms with E-state index in [0.717, 1.165) is 13.0 Å². The zero-order valence-corrected chi connectivity index (χ0v) is 22.4. The molecular weight excluding hydrogens is 591 g/mol. The molecule has 0 aliphatic rings. The zero-order valence-electron chi connectivity index (χ0n) is 22.4. The summed E-state index contributed by atoms with van der Waals surface area (Å²) in [5, 5.41) is 1.29. The summed E-state index contributed by atoms with van der Waals surface area (Å²) in [5.41, 5.74) is -0.590. The SMILES string of the molecule is CCN(C(=O)N[C@@H](CCC(F)(F)F)C(F)(F)F)C(c1cc(-c2cn3ccnc3c(OC)n2)c(OC)c(C)n1)C(F)(F)F. The minimum atomic E-state index is -5.37. The highest BCUT2D eigenvalue weighted by molar-refractivity contribution is 5.76. The van der Waals surface area contributed by atoms with Crippen LogP contribution >= 0.6 is 0 Å². The summed E-state index contributed by atoms with van der Waals surface area (Å²) in [6, 6.07) is -6.94. The number of fused-ring (bicyclic) bond motifs is 1. The van der Waals surface area contributed by atoms with Gasteiger partial charge in [-0.3, -0.25) is 4.98 Å². The fourth-order valence-electron chi connectivity index (χ4n) is 4.25. The average molecular weight is 616 g/mol. The molecular formula is C24H25F9N6O3. The molecule has 0 aliphatic carbocycles. The predicted molar refractivity (Wildman–Crippen MR) is 129 cm³/mol. The van der Waals surface area contributed by atoms with Gasteiger partial charge < -0.3 is 24.1 Å². The molecule has 9 nitrogen and oxygen atoms in total. The van der Waals surface area contributed by atoms with Crippen LogP contribution in [-0.4, -0.2) is 75.6 Å². The van der Waals surface area contributed by atoms with Crippen molar-refractivity contribution in [2.75, 3.05) is 20.8 Å². The Hall–Kier alpha value is -3.99. The van der Waals surface area contributed by atoms with Gasteiger partial charge in [0.2, 0.25) is 0 Å². The summed E-state index contributed by atoms with van der Waals surface area (Å²) in [7, 11) is 2.52. The molecule has 0 saturated heterocycles. The smallest absolute Gasteiger partial charge is 0.414 e. The predicted octanol–water partition coefficient (Wildman–Crippen LogP) is 6.03. The largest absolute Gasteiger partial charge is 0.494 e. The van der Waals surface area contributed by atoms with Crippen LogP contribution in [0.3, 0.4) is 0 Å². The highest BCUT2D eigenvalue weighted by atomic mass is 19.4. The van der Waals surface area contributed by atoms with Gasteiger partial charge in [-0.1, -0.05) is 0 Å². The molecule has 0 aromatic carbocycles. The molecule has 3 rings (SSSR count). The number of methoxy groups -OCH3 is 2. The highest BCUT2D eigenvalue weighted by Crippen LogP contribution is 2.41. The maximum absolute atomic E-state index is 14.5. The Bertz CT molecular complexity index is 1410. The first-order valence-electron chi connectivity index (χ1n) is 12.1. The molecule has 0 fully saturated rings. The number of aromatic nitrogens is 4. The summed E-state index contributed by atoms with van der Waals surface area (Å²) < 4.78 is 134. The van der Waals surface area contributed by atoms with E-state index in [9.17, 15) is 44.3 Å². The minimum Gasteiger partial charge on any atom is -0.494 e. The van der Waals surface area contributed by atoms with Crippen molar-refractivity contribution < 1.29 is 53.8 Å². The summed E-state index contributed by atoms with van der Waals surface area (Å²) >= 11 is 0. The average Bonchev–Trinajstić information content (AvgIpc) is 3.35. The van der Waals surface area contributed by atoms with Crippen LogP contribution in [0.4, 0.5) is 44.3 Å². The summed E-state index contributed by atoms with van der Waals surface area (Å²) in [6.45, 7) is 1.59. The Kier molecular flexibility index (Phi) is 9.36. The van der Waals surface area contributed by atoms with E-state index in [1.165, 1.54) is 49.5 Å². The molecule has 2 atom stereocenters. The number of amides is 2. The number of carbonyl (C=O) groups is 1. The van der Waals surface area contributed by atoms with Gasteiger partial charge >= 0.3 is 24.6 Å². The van der Waals surface area contributed by atoms with E-state index in [4.69, 9.17) is 9.47 Å². The van der Waals surface area contributed by atoms with E-state index in [1.54, 1.807) is 0 Å². The molecule has 3 heterocycles. The van der Waals surface area contributed by atoms with E-state index < -0.39 is 61.7 Å². The number of alkyl halides is 9. The molecule has 0 spiro atoms. The molecule has 232 valence electrons. The number of imidazole rings is 1. The molecule has 1 unspecified atom stereocenters. The molecule has 18 heteroatoms. The van der Waals surface area contributed by atoms with Crippen LogP contribution in [0.5, 0.6) is 11.6 Å². The molecule has 1 N–H and O–H groups in total. The van der Waals surface area contributed by atoms with Crippen LogP contribution in [0.15, 0.2) is 24.7 Å². The number of nitrogens with one attached hydrogen (secondary N) is 1. The minimum absolute atomic E-state index is 0.00507. The second-order valence-corrected chi connectivity index (χ2v) is 8.93. The van der Waals surface area contributed by atoms with E-state index in [1.807, 2.05) is 0 Å². The first kappa shape index (κ1) is 32.5. The third-order valence-electron chi connectivity index (χ3n) is 6.09. The summed E-state index contributed by atoms with van der Waals surface area (Å²) in [5.74, 6) is 0.0139. The van der Waals surface area contributed by atoms with E-state index in [0.29, 0.717) is 0 Å². The maximum atomic E-state index is 14.5. The number of rotatable bonds is 9. The highest BCUT2D eigenvalue weighted by Gasteiger charge is 2.49. The number of halogens is 9. The lowest BCUT2D eigenvalue weighted by atomic mass is 10.0. The molecule has 3 aromatic heterocycles. The lowest BCUT2D eigenvalue weighted by Gasteiger charge is -2.34. The fourth-order valence-corrected chi connectivity index (χ4v) is 4.25. The van der Waals surface area contributed by atoms with Gasteiger partial charge in [-0.05, 0) is 26.3 Å². The molecule has 0 aliphatic heterocycles. The Balaban J connectivity index is 2.12. The van der Waals surface area contributed by atoms with Crippen molar-refractivity contribution in [3.63, 3.8) is 0 Å². The summed E-state index contributed by atoms with van der Waals surface area (Å²) in [6.07, 6.45) is -14.8. The van der Waals surface area contributed by atoms with Crippen LogP contribution in [0.2, 0.25) is 0 Å². The monoisotopic (exact) mass is 616 g/mol. The number of nitrogens with zero attached hydrogens (tertiary/aromatic N) is 5. The molecule has 0 radical (unpaired) electrons. The number of pyridine rings is 1. The lowest BCUT2D eigenvalue weighted by Crippen LogP contribution is -2.53. The number of hydrogen-bond donors (Lipinski definition) is 1. The molecule has 0 saturated carbocycles. The van der Waals surface area contributed by atoms with Gasteiger partial charge in [0.25, 0.3) is 5.88 Å². The van der Waals surface area contributed by atoms with E-state index in [2.05, 4.69) is 15.0 Å². The van der Waals surface area contributed by atoms with Crippen molar-refractivity contribution in [2.24, 2.45) is 0 Å². The first-order chi connectivity index (χ1) is 19.4.